The molecule has 2 rings (SSSR count). The largest absolute Gasteiger partial charge is 0.490 e. The van der Waals surface area contributed by atoms with Gasteiger partial charge in [0.15, 0.2) is 0 Å². The van der Waals surface area contributed by atoms with Gasteiger partial charge < -0.3 is 10.0 Å². The SMILES string of the molecule is Cc1ccn(-c2cncc(B(O)O)c2)n1. The highest BCUT2D eigenvalue weighted by Crippen LogP contribution is 2.03. The molecule has 0 atom stereocenters. The maximum atomic E-state index is 8.99. The van der Waals surface area contributed by atoms with Gasteiger partial charge in [0, 0.05) is 17.9 Å². The number of aryl methyl sites for hydroxylation is 1. The summed E-state index contributed by atoms with van der Waals surface area (Å²) in [7, 11) is -1.51. The van der Waals surface area contributed by atoms with Gasteiger partial charge in [-0.2, -0.15) is 5.10 Å². The van der Waals surface area contributed by atoms with Crippen molar-refractivity contribution in [1.82, 2.24) is 14.8 Å². The van der Waals surface area contributed by atoms with E-state index in [9.17, 15) is 0 Å². The Kier molecular flexibility index (Phi) is 2.53. The summed E-state index contributed by atoms with van der Waals surface area (Å²) in [6.45, 7) is 1.88. The fraction of sp³-hybridized carbons (Fsp3) is 0.111. The molecule has 5 nitrogen and oxygen atoms in total. The summed E-state index contributed by atoms with van der Waals surface area (Å²) in [6, 6.07) is 3.49. The van der Waals surface area contributed by atoms with Gasteiger partial charge in [-0.15, -0.1) is 0 Å². The van der Waals surface area contributed by atoms with Crippen molar-refractivity contribution >= 4 is 12.6 Å². The summed E-state index contributed by atoms with van der Waals surface area (Å²) in [5, 5.41) is 22.2. The van der Waals surface area contributed by atoms with Crippen molar-refractivity contribution in [2.75, 3.05) is 0 Å². The molecule has 0 bridgehead atoms. The highest BCUT2D eigenvalue weighted by molar-refractivity contribution is 6.58. The van der Waals surface area contributed by atoms with Crippen LogP contribution in [0.15, 0.2) is 30.7 Å². The van der Waals surface area contributed by atoms with E-state index in [0.29, 0.717) is 11.2 Å². The summed E-state index contributed by atoms with van der Waals surface area (Å²) in [6.07, 6.45) is 4.81. The van der Waals surface area contributed by atoms with Crippen LogP contribution in [0.1, 0.15) is 5.69 Å². The summed E-state index contributed by atoms with van der Waals surface area (Å²) in [5.41, 5.74) is 1.94. The van der Waals surface area contributed by atoms with E-state index in [2.05, 4.69) is 10.1 Å². The van der Waals surface area contributed by atoms with Crippen molar-refractivity contribution in [3.63, 3.8) is 0 Å². The number of pyridine rings is 1. The lowest BCUT2D eigenvalue weighted by molar-refractivity contribution is 0.425. The van der Waals surface area contributed by atoms with E-state index >= 15 is 0 Å². The second kappa shape index (κ2) is 3.84. The molecule has 0 aliphatic heterocycles. The van der Waals surface area contributed by atoms with Gasteiger partial charge in [-0.05, 0) is 19.1 Å². The second-order valence-corrected chi connectivity index (χ2v) is 3.25. The van der Waals surface area contributed by atoms with Crippen molar-refractivity contribution in [2.45, 2.75) is 6.92 Å². The zero-order chi connectivity index (χ0) is 10.8. The van der Waals surface area contributed by atoms with E-state index in [-0.39, 0.29) is 0 Å². The topological polar surface area (TPSA) is 71.2 Å². The summed E-state index contributed by atoms with van der Waals surface area (Å²) in [5.74, 6) is 0. The third-order valence-electron chi connectivity index (χ3n) is 2.03. The number of nitrogens with zero attached hydrogens (tertiary/aromatic N) is 3. The molecule has 76 valence electrons. The Labute approximate surface area is 87.2 Å². The average molecular weight is 203 g/mol. The quantitative estimate of drug-likeness (QED) is 0.630. The lowest BCUT2D eigenvalue weighted by atomic mass is 9.81. The molecule has 0 aromatic carbocycles. The highest BCUT2D eigenvalue weighted by atomic mass is 16.4. The van der Waals surface area contributed by atoms with E-state index in [0.717, 1.165) is 5.69 Å². The Bertz CT molecular complexity index is 470. The van der Waals surface area contributed by atoms with Crippen molar-refractivity contribution < 1.29 is 10.0 Å². The molecule has 2 aromatic heterocycles. The van der Waals surface area contributed by atoms with E-state index in [1.807, 2.05) is 13.0 Å². The van der Waals surface area contributed by atoms with Gasteiger partial charge in [-0.25, -0.2) is 4.68 Å². The number of aromatic nitrogens is 3. The van der Waals surface area contributed by atoms with Gasteiger partial charge >= 0.3 is 7.12 Å². The fourth-order valence-electron chi connectivity index (χ4n) is 1.27. The molecule has 0 amide bonds. The third kappa shape index (κ3) is 2.06. The second-order valence-electron chi connectivity index (χ2n) is 3.25. The van der Waals surface area contributed by atoms with Crippen LogP contribution in [0, 0.1) is 6.92 Å². The first kappa shape index (κ1) is 9.88. The van der Waals surface area contributed by atoms with Gasteiger partial charge in [0.05, 0.1) is 17.6 Å². The van der Waals surface area contributed by atoms with E-state index in [1.165, 1.54) is 6.20 Å². The summed E-state index contributed by atoms with van der Waals surface area (Å²) in [4.78, 5) is 3.91. The minimum atomic E-state index is -1.51. The fourth-order valence-corrected chi connectivity index (χ4v) is 1.27. The lowest BCUT2D eigenvalue weighted by Gasteiger charge is -2.03. The van der Waals surface area contributed by atoms with Crippen LogP contribution < -0.4 is 5.46 Å². The number of hydrogen-bond acceptors (Lipinski definition) is 4. The predicted octanol–water partition coefficient (Wildman–Crippen LogP) is -0.744. The van der Waals surface area contributed by atoms with Crippen molar-refractivity contribution in [1.29, 1.82) is 0 Å². The van der Waals surface area contributed by atoms with Crippen LogP contribution in [-0.2, 0) is 0 Å². The van der Waals surface area contributed by atoms with E-state index in [4.69, 9.17) is 10.0 Å². The van der Waals surface area contributed by atoms with Crippen LogP contribution in [-0.4, -0.2) is 31.9 Å². The smallest absolute Gasteiger partial charge is 0.423 e. The Morgan fingerprint density at radius 1 is 1.33 bits per heavy atom. The van der Waals surface area contributed by atoms with Crippen LogP contribution in [0.2, 0.25) is 0 Å². The zero-order valence-corrected chi connectivity index (χ0v) is 8.20. The molecule has 2 N–H and O–H groups in total. The predicted molar refractivity (Wildman–Crippen MR) is 55.9 cm³/mol. The third-order valence-corrected chi connectivity index (χ3v) is 2.03. The van der Waals surface area contributed by atoms with Crippen LogP contribution in [0.3, 0.4) is 0 Å². The molecule has 15 heavy (non-hydrogen) atoms. The summed E-state index contributed by atoms with van der Waals surface area (Å²) >= 11 is 0. The standard InChI is InChI=1S/C9H10BN3O2/c1-7-2-3-13(12-7)9-4-8(10(14)15)5-11-6-9/h2-6,14-15H,1H3. The first-order chi connectivity index (χ1) is 7.16. The molecule has 2 heterocycles. The van der Waals surface area contributed by atoms with Gasteiger partial charge in [-0.3, -0.25) is 4.98 Å². The molecular formula is C9H10BN3O2. The van der Waals surface area contributed by atoms with E-state index in [1.54, 1.807) is 23.1 Å². The van der Waals surface area contributed by atoms with Crippen molar-refractivity contribution in [3.8, 4) is 5.69 Å². The van der Waals surface area contributed by atoms with Gasteiger partial charge in [0.25, 0.3) is 0 Å². The molecule has 0 spiro atoms. The van der Waals surface area contributed by atoms with Gasteiger partial charge in [0.1, 0.15) is 0 Å². The molecule has 0 radical (unpaired) electrons. The Morgan fingerprint density at radius 2 is 2.13 bits per heavy atom. The minimum absolute atomic E-state index is 0.348. The molecule has 0 aliphatic rings. The van der Waals surface area contributed by atoms with Gasteiger partial charge in [-0.1, -0.05) is 0 Å². The van der Waals surface area contributed by atoms with Crippen molar-refractivity contribution in [2.24, 2.45) is 0 Å². The number of hydrogen-bond donors (Lipinski definition) is 2. The molecule has 0 saturated heterocycles. The van der Waals surface area contributed by atoms with Crippen LogP contribution in [0.25, 0.3) is 5.69 Å². The Morgan fingerprint density at radius 3 is 2.73 bits per heavy atom. The Balaban J connectivity index is 2.41. The number of rotatable bonds is 2. The molecule has 0 saturated carbocycles. The Hall–Kier alpha value is -1.66. The molecule has 0 unspecified atom stereocenters. The van der Waals surface area contributed by atoms with Gasteiger partial charge in [0.2, 0.25) is 0 Å². The van der Waals surface area contributed by atoms with E-state index < -0.39 is 7.12 Å². The maximum Gasteiger partial charge on any atom is 0.490 e. The summed E-state index contributed by atoms with van der Waals surface area (Å²) < 4.78 is 1.63. The molecule has 0 fully saturated rings. The normalized spacial score (nSPS) is 10.3. The molecule has 0 aliphatic carbocycles. The highest BCUT2D eigenvalue weighted by Gasteiger charge is 2.12. The lowest BCUT2D eigenvalue weighted by Crippen LogP contribution is -2.30. The molecule has 2 aromatic rings. The first-order valence-electron chi connectivity index (χ1n) is 4.50. The van der Waals surface area contributed by atoms with Crippen LogP contribution in [0.4, 0.5) is 0 Å². The average Bonchev–Trinajstić information content (AvgIpc) is 2.65. The molecular weight excluding hydrogens is 193 g/mol. The van der Waals surface area contributed by atoms with Crippen LogP contribution in [0.5, 0.6) is 0 Å². The first-order valence-corrected chi connectivity index (χ1v) is 4.50. The zero-order valence-electron chi connectivity index (χ0n) is 8.20. The molecule has 6 heteroatoms. The minimum Gasteiger partial charge on any atom is -0.423 e. The maximum absolute atomic E-state index is 8.99. The van der Waals surface area contributed by atoms with Crippen LogP contribution >= 0.6 is 0 Å². The monoisotopic (exact) mass is 203 g/mol. The van der Waals surface area contributed by atoms with Crippen molar-refractivity contribution in [3.05, 3.63) is 36.4 Å².